The molecule has 0 aliphatic rings. The summed E-state index contributed by atoms with van der Waals surface area (Å²) in [4.78, 5) is 0. The van der Waals surface area contributed by atoms with E-state index in [-0.39, 0.29) is 74.8 Å². The zero-order chi connectivity index (χ0) is 0. The largest absolute Gasteiger partial charge is 0 e. The molecule has 0 unspecified atom stereocenters. The van der Waals surface area contributed by atoms with Crippen LogP contribution in [-0.4, -0.2) is 41.3 Å². The van der Waals surface area contributed by atoms with Gasteiger partial charge in [-0.15, -0.1) is 0 Å². The molecule has 0 atom stereocenters. The molecule has 4 heteroatoms. The molecule has 0 N–H and O–H groups in total. The SMILES string of the molecule is [Al].[Cu].[Ni].[Sn]. The summed E-state index contributed by atoms with van der Waals surface area (Å²) in [5.41, 5.74) is 0. The van der Waals surface area contributed by atoms with E-state index in [9.17, 15) is 0 Å². The molecule has 8 radical (unpaired) electrons. The molecule has 0 aromatic carbocycles. The normalized spacial score (nSPS) is 0. The fraction of sp³-hybridized carbons (Fsp3) is 0. The second-order valence-electron chi connectivity index (χ2n) is 0. The van der Waals surface area contributed by atoms with Crippen LogP contribution in [0, 0.1) is 0 Å². The Labute approximate surface area is 74.0 Å². The maximum atomic E-state index is 0. The van der Waals surface area contributed by atoms with Gasteiger partial charge in [0.15, 0.2) is 0 Å². The van der Waals surface area contributed by atoms with Gasteiger partial charge >= 0.3 is 0 Å². The van der Waals surface area contributed by atoms with E-state index in [2.05, 4.69) is 0 Å². The van der Waals surface area contributed by atoms with E-state index in [1.54, 1.807) is 0 Å². The molecular formula is AlCuNiSn. The van der Waals surface area contributed by atoms with Crippen molar-refractivity contribution in [3.05, 3.63) is 0 Å². The Morgan fingerprint density at radius 3 is 1.00 bits per heavy atom. The average molecular weight is 268 g/mol. The summed E-state index contributed by atoms with van der Waals surface area (Å²) in [6.45, 7) is 0. The van der Waals surface area contributed by atoms with Crippen molar-refractivity contribution in [2.45, 2.75) is 0 Å². The summed E-state index contributed by atoms with van der Waals surface area (Å²) in [5.74, 6) is 0. The van der Waals surface area contributed by atoms with Crippen molar-refractivity contribution in [3.63, 3.8) is 0 Å². The third-order valence-electron chi connectivity index (χ3n) is 0. The third kappa shape index (κ3) is 8.84. The quantitative estimate of drug-likeness (QED) is 0.506. The molecule has 0 bridgehead atoms. The first kappa shape index (κ1) is 33.0. The Kier molecular flexibility index (Phi) is 151. The van der Waals surface area contributed by atoms with Crippen LogP contribution in [0.2, 0.25) is 0 Å². The van der Waals surface area contributed by atoms with Crippen molar-refractivity contribution in [3.8, 4) is 0 Å². The van der Waals surface area contributed by atoms with Crippen molar-refractivity contribution in [2.24, 2.45) is 0 Å². The first-order chi connectivity index (χ1) is 0. The number of hydrogen-bond donors (Lipinski definition) is 0. The van der Waals surface area contributed by atoms with Crippen LogP contribution < -0.4 is 0 Å². The molecular weight excluding hydrogens is 268 g/mol. The maximum Gasteiger partial charge on any atom is 0 e. The van der Waals surface area contributed by atoms with E-state index in [0.717, 1.165) is 0 Å². The minimum Gasteiger partial charge on any atom is 0 e. The van der Waals surface area contributed by atoms with Gasteiger partial charge in [-0.05, 0) is 0 Å². The van der Waals surface area contributed by atoms with Gasteiger partial charge in [-0.3, -0.25) is 0 Å². The number of rotatable bonds is 0. The maximum absolute atomic E-state index is 0. The molecule has 0 saturated heterocycles. The van der Waals surface area contributed by atoms with Crippen LogP contribution in [0.1, 0.15) is 0 Å². The van der Waals surface area contributed by atoms with Crippen molar-refractivity contribution in [1.29, 1.82) is 0 Å². The van der Waals surface area contributed by atoms with Crippen molar-refractivity contribution >= 4 is 41.3 Å². The Balaban J connectivity index is 0. The first-order valence-electron chi connectivity index (χ1n) is 0. The molecule has 0 aromatic heterocycles. The van der Waals surface area contributed by atoms with Gasteiger partial charge in [-0.2, -0.15) is 0 Å². The van der Waals surface area contributed by atoms with Gasteiger partial charge in [0.2, 0.25) is 0 Å². The summed E-state index contributed by atoms with van der Waals surface area (Å²) in [5, 5.41) is 0. The predicted molar refractivity (Wildman–Crippen MR) is 11.5 cm³/mol. The molecule has 0 saturated carbocycles. The van der Waals surface area contributed by atoms with Gasteiger partial charge in [0.05, 0.1) is 0 Å². The Morgan fingerprint density at radius 2 is 1.00 bits per heavy atom. The summed E-state index contributed by atoms with van der Waals surface area (Å²) in [7, 11) is 0. The summed E-state index contributed by atoms with van der Waals surface area (Å²) in [6.07, 6.45) is 0. The Bertz CT molecular complexity index is 8.00. The molecule has 4 heavy (non-hydrogen) atoms. The van der Waals surface area contributed by atoms with Gasteiger partial charge < -0.3 is 0 Å². The summed E-state index contributed by atoms with van der Waals surface area (Å²) in [6, 6.07) is 0. The van der Waals surface area contributed by atoms with Crippen molar-refractivity contribution < 1.29 is 33.6 Å². The van der Waals surface area contributed by atoms with E-state index in [1.807, 2.05) is 0 Å². The summed E-state index contributed by atoms with van der Waals surface area (Å²) >= 11 is 0. The molecule has 0 heterocycles. The van der Waals surface area contributed by atoms with Gasteiger partial charge in [0.1, 0.15) is 0 Å². The fourth-order valence-electron chi connectivity index (χ4n) is 0. The van der Waals surface area contributed by atoms with Crippen LogP contribution >= 0.6 is 0 Å². The summed E-state index contributed by atoms with van der Waals surface area (Å²) < 4.78 is 0. The molecule has 0 aliphatic carbocycles. The van der Waals surface area contributed by atoms with Crippen molar-refractivity contribution in [1.82, 2.24) is 0 Å². The molecule has 0 rings (SSSR count). The average Bonchev–Trinajstić information content (AvgIpc) is 0. The molecule has 0 spiro atoms. The zero-order valence-electron chi connectivity index (χ0n) is 1.70. The molecule has 0 fully saturated rings. The van der Waals surface area contributed by atoms with Crippen LogP contribution in [0.15, 0.2) is 0 Å². The minimum atomic E-state index is 0. The Hall–Kier alpha value is 2.34. The molecule has 0 aromatic rings. The minimum absolute atomic E-state index is 0. The molecule has 28 valence electrons. The molecule has 0 aliphatic heterocycles. The van der Waals surface area contributed by atoms with Crippen LogP contribution in [0.5, 0.6) is 0 Å². The van der Waals surface area contributed by atoms with Crippen molar-refractivity contribution in [2.75, 3.05) is 0 Å². The van der Waals surface area contributed by atoms with Gasteiger partial charge in [-0.25, -0.2) is 0 Å². The van der Waals surface area contributed by atoms with Gasteiger partial charge in [-0.1, -0.05) is 0 Å². The molecule has 0 amide bonds. The topological polar surface area (TPSA) is 0 Å². The van der Waals surface area contributed by atoms with E-state index in [1.165, 1.54) is 0 Å². The van der Waals surface area contributed by atoms with Gasteiger partial charge in [0.25, 0.3) is 0 Å². The van der Waals surface area contributed by atoms with E-state index < -0.39 is 0 Å². The molecule has 0 nitrogen and oxygen atoms in total. The number of hydrogen-bond acceptors (Lipinski definition) is 0. The van der Waals surface area contributed by atoms with E-state index >= 15 is 0 Å². The fourth-order valence-corrected chi connectivity index (χ4v) is 0. The second-order valence-corrected chi connectivity index (χ2v) is 0. The zero-order valence-corrected chi connectivity index (χ0v) is 7.63. The third-order valence-corrected chi connectivity index (χ3v) is 0. The van der Waals surface area contributed by atoms with Crippen LogP contribution in [0.3, 0.4) is 0 Å². The van der Waals surface area contributed by atoms with Gasteiger partial charge in [0, 0.05) is 74.8 Å². The monoisotopic (exact) mass is 268 g/mol. The van der Waals surface area contributed by atoms with E-state index in [4.69, 9.17) is 0 Å². The smallest absolute Gasteiger partial charge is 0 e. The second kappa shape index (κ2) is 18.4. The first-order valence-corrected chi connectivity index (χ1v) is 0. The van der Waals surface area contributed by atoms with Crippen LogP contribution in [-0.2, 0) is 33.6 Å². The Morgan fingerprint density at radius 1 is 1.00 bits per heavy atom. The predicted octanol–water partition coefficient (Wildman–Crippen LogP) is -0.767. The van der Waals surface area contributed by atoms with E-state index in [0.29, 0.717) is 0 Å². The standard InChI is InChI=1S/Al.Cu.Ni.Sn. The van der Waals surface area contributed by atoms with Crippen LogP contribution in [0.25, 0.3) is 0 Å². The van der Waals surface area contributed by atoms with Crippen LogP contribution in [0.4, 0.5) is 0 Å².